The van der Waals surface area contributed by atoms with Gasteiger partial charge in [0, 0.05) is 24.7 Å². The summed E-state index contributed by atoms with van der Waals surface area (Å²) in [6.45, 7) is 0.758. The van der Waals surface area contributed by atoms with Crippen molar-refractivity contribution in [1.82, 2.24) is 0 Å². The Balaban J connectivity index is 1.66. The van der Waals surface area contributed by atoms with Crippen LogP contribution in [0.2, 0.25) is 0 Å². The van der Waals surface area contributed by atoms with Gasteiger partial charge in [0.15, 0.2) is 0 Å². The molecule has 1 aliphatic heterocycles. The van der Waals surface area contributed by atoms with Crippen LogP contribution in [0.25, 0.3) is 0 Å². The van der Waals surface area contributed by atoms with Crippen molar-refractivity contribution in [2.45, 2.75) is 19.3 Å². The quantitative estimate of drug-likeness (QED) is 0.866. The summed E-state index contributed by atoms with van der Waals surface area (Å²) in [6, 6.07) is 12.8. The first-order valence-electron chi connectivity index (χ1n) is 8.52. The van der Waals surface area contributed by atoms with Gasteiger partial charge in [0.1, 0.15) is 11.5 Å². The number of rotatable bonds is 6. The number of nitrogens with zero attached hydrogens (tertiary/aromatic N) is 1. The van der Waals surface area contributed by atoms with Gasteiger partial charge in [-0.15, -0.1) is 0 Å². The Kier molecular flexibility index (Phi) is 5.41. The molecule has 1 N–H and O–H groups in total. The van der Waals surface area contributed by atoms with E-state index in [2.05, 4.69) is 5.32 Å². The van der Waals surface area contributed by atoms with Crippen LogP contribution < -0.4 is 19.7 Å². The Morgan fingerprint density at radius 3 is 2.50 bits per heavy atom. The lowest BCUT2D eigenvalue weighted by Crippen LogP contribution is -2.23. The summed E-state index contributed by atoms with van der Waals surface area (Å²) in [5.74, 6) is 1.21. The maximum absolute atomic E-state index is 12.4. The van der Waals surface area contributed by atoms with E-state index in [-0.39, 0.29) is 18.2 Å². The highest BCUT2D eigenvalue weighted by atomic mass is 16.5. The molecule has 2 amide bonds. The monoisotopic (exact) mass is 354 g/mol. The van der Waals surface area contributed by atoms with Crippen molar-refractivity contribution in [2.24, 2.45) is 0 Å². The molecule has 2 aromatic carbocycles. The molecule has 0 atom stereocenters. The smallest absolute Gasteiger partial charge is 0.228 e. The summed E-state index contributed by atoms with van der Waals surface area (Å²) in [4.78, 5) is 25.9. The largest absolute Gasteiger partial charge is 0.497 e. The maximum atomic E-state index is 12.4. The molecule has 136 valence electrons. The third kappa shape index (κ3) is 3.96. The third-order valence-electron chi connectivity index (χ3n) is 4.37. The molecule has 0 aliphatic carbocycles. The topological polar surface area (TPSA) is 67.9 Å². The second kappa shape index (κ2) is 7.91. The van der Waals surface area contributed by atoms with Crippen molar-refractivity contribution in [3.63, 3.8) is 0 Å². The first kappa shape index (κ1) is 17.8. The SMILES string of the molecule is COc1ccc(OC)c(NC(=O)Cc2ccc(N3CCCC3=O)cc2)c1. The number of carbonyl (C=O) groups excluding carboxylic acids is 2. The van der Waals surface area contributed by atoms with Gasteiger partial charge in [-0.3, -0.25) is 9.59 Å². The first-order valence-corrected chi connectivity index (χ1v) is 8.52. The van der Waals surface area contributed by atoms with Gasteiger partial charge in [-0.1, -0.05) is 12.1 Å². The molecule has 6 heteroatoms. The molecule has 1 aliphatic rings. The number of nitrogens with one attached hydrogen (secondary N) is 1. The highest BCUT2D eigenvalue weighted by Gasteiger charge is 2.21. The minimum Gasteiger partial charge on any atom is -0.497 e. The zero-order valence-electron chi connectivity index (χ0n) is 15.0. The van der Waals surface area contributed by atoms with Crippen LogP contribution in [-0.2, 0) is 16.0 Å². The van der Waals surface area contributed by atoms with Gasteiger partial charge in [0.25, 0.3) is 0 Å². The zero-order valence-corrected chi connectivity index (χ0v) is 15.0. The molecule has 6 nitrogen and oxygen atoms in total. The molecule has 0 radical (unpaired) electrons. The van der Waals surface area contributed by atoms with E-state index in [0.717, 1.165) is 24.2 Å². The number of carbonyl (C=O) groups is 2. The lowest BCUT2D eigenvalue weighted by molar-refractivity contribution is -0.117. The first-order chi connectivity index (χ1) is 12.6. The van der Waals surface area contributed by atoms with Crippen molar-refractivity contribution < 1.29 is 19.1 Å². The predicted molar refractivity (Wildman–Crippen MR) is 99.9 cm³/mol. The molecule has 1 heterocycles. The van der Waals surface area contributed by atoms with Gasteiger partial charge in [-0.2, -0.15) is 0 Å². The average Bonchev–Trinajstić information content (AvgIpc) is 3.08. The Morgan fingerprint density at radius 2 is 1.88 bits per heavy atom. The highest BCUT2D eigenvalue weighted by Crippen LogP contribution is 2.29. The van der Waals surface area contributed by atoms with Gasteiger partial charge in [0.2, 0.25) is 11.8 Å². The van der Waals surface area contributed by atoms with E-state index in [1.807, 2.05) is 24.3 Å². The highest BCUT2D eigenvalue weighted by molar-refractivity contribution is 5.96. The minimum absolute atomic E-state index is 0.151. The van der Waals surface area contributed by atoms with Crippen molar-refractivity contribution in [3.05, 3.63) is 48.0 Å². The number of hydrogen-bond donors (Lipinski definition) is 1. The van der Waals surface area contributed by atoms with Crippen LogP contribution in [0.1, 0.15) is 18.4 Å². The van der Waals surface area contributed by atoms with E-state index in [9.17, 15) is 9.59 Å². The molecular formula is C20H22N2O4. The van der Waals surface area contributed by atoms with Gasteiger partial charge in [0.05, 0.1) is 26.3 Å². The molecule has 0 aromatic heterocycles. The minimum atomic E-state index is -0.151. The van der Waals surface area contributed by atoms with Crippen LogP contribution in [0.15, 0.2) is 42.5 Å². The zero-order chi connectivity index (χ0) is 18.5. The number of hydrogen-bond acceptors (Lipinski definition) is 4. The average molecular weight is 354 g/mol. The van der Waals surface area contributed by atoms with Gasteiger partial charge >= 0.3 is 0 Å². The van der Waals surface area contributed by atoms with Gasteiger partial charge in [-0.05, 0) is 36.2 Å². The van der Waals surface area contributed by atoms with Crippen molar-refractivity contribution in [1.29, 1.82) is 0 Å². The summed E-state index contributed by atoms with van der Waals surface area (Å²) in [5.41, 5.74) is 2.32. The van der Waals surface area contributed by atoms with Crippen LogP contribution in [0.5, 0.6) is 11.5 Å². The second-order valence-corrected chi connectivity index (χ2v) is 6.11. The fourth-order valence-corrected chi connectivity index (χ4v) is 3.01. The second-order valence-electron chi connectivity index (χ2n) is 6.11. The summed E-state index contributed by atoms with van der Waals surface area (Å²) >= 11 is 0. The number of methoxy groups -OCH3 is 2. The van der Waals surface area contributed by atoms with Crippen LogP contribution in [0, 0.1) is 0 Å². The molecule has 3 rings (SSSR count). The summed E-state index contributed by atoms with van der Waals surface area (Å²) in [6.07, 6.45) is 1.73. The molecule has 26 heavy (non-hydrogen) atoms. The van der Waals surface area contributed by atoms with Crippen molar-refractivity contribution in [2.75, 3.05) is 31.0 Å². The van der Waals surface area contributed by atoms with Crippen LogP contribution in [0.3, 0.4) is 0 Å². The standard InChI is InChI=1S/C20H22N2O4/c1-25-16-9-10-18(26-2)17(13-16)21-19(23)12-14-5-7-15(8-6-14)22-11-3-4-20(22)24/h5-10,13H,3-4,11-12H2,1-2H3,(H,21,23). The number of benzene rings is 2. The lowest BCUT2D eigenvalue weighted by Gasteiger charge is -2.16. The molecule has 0 saturated carbocycles. The maximum Gasteiger partial charge on any atom is 0.228 e. The fourth-order valence-electron chi connectivity index (χ4n) is 3.01. The Bertz CT molecular complexity index is 802. The van der Waals surface area contributed by atoms with E-state index < -0.39 is 0 Å². The van der Waals surface area contributed by atoms with Crippen molar-refractivity contribution in [3.8, 4) is 11.5 Å². The predicted octanol–water partition coefficient (Wildman–Crippen LogP) is 3.01. The number of anilines is 2. The Labute approximate surface area is 152 Å². The van der Waals surface area contributed by atoms with E-state index in [0.29, 0.717) is 23.6 Å². The summed E-state index contributed by atoms with van der Waals surface area (Å²) in [7, 11) is 3.12. The van der Waals surface area contributed by atoms with Crippen LogP contribution in [0.4, 0.5) is 11.4 Å². The lowest BCUT2D eigenvalue weighted by atomic mass is 10.1. The van der Waals surface area contributed by atoms with E-state index in [1.54, 1.807) is 37.3 Å². The van der Waals surface area contributed by atoms with E-state index in [4.69, 9.17) is 9.47 Å². The summed E-state index contributed by atoms with van der Waals surface area (Å²) in [5, 5.41) is 2.85. The van der Waals surface area contributed by atoms with Crippen molar-refractivity contribution >= 4 is 23.2 Å². The number of ether oxygens (including phenoxy) is 2. The van der Waals surface area contributed by atoms with Crippen LogP contribution in [-0.4, -0.2) is 32.6 Å². The molecule has 0 unspecified atom stereocenters. The van der Waals surface area contributed by atoms with Crippen LogP contribution >= 0.6 is 0 Å². The molecule has 1 saturated heterocycles. The number of amides is 2. The fraction of sp³-hybridized carbons (Fsp3) is 0.300. The molecule has 0 bridgehead atoms. The summed E-state index contributed by atoms with van der Waals surface area (Å²) < 4.78 is 10.5. The molecule has 0 spiro atoms. The molecule has 1 fully saturated rings. The third-order valence-corrected chi connectivity index (χ3v) is 4.37. The normalized spacial score (nSPS) is 13.6. The molecule has 2 aromatic rings. The Morgan fingerprint density at radius 1 is 1.12 bits per heavy atom. The van der Waals surface area contributed by atoms with E-state index >= 15 is 0 Å². The van der Waals surface area contributed by atoms with E-state index in [1.165, 1.54) is 0 Å². The Hall–Kier alpha value is -3.02. The molecular weight excluding hydrogens is 332 g/mol. The van der Waals surface area contributed by atoms with Gasteiger partial charge < -0.3 is 19.7 Å². The van der Waals surface area contributed by atoms with Gasteiger partial charge in [-0.25, -0.2) is 0 Å².